The highest BCUT2D eigenvalue weighted by molar-refractivity contribution is 6.00. The molecule has 4 rings (SSSR count). The third kappa shape index (κ3) is 6.79. The number of piperazine rings is 1. The van der Waals surface area contributed by atoms with Crippen LogP contribution in [-0.2, 0) is 9.59 Å². The van der Waals surface area contributed by atoms with Gasteiger partial charge in [0, 0.05) is 25.7 Å². The molecule has 0 aromatic heterocycles. The van der Waals surface area contributed by atoms with E-state index in [9.17, 15) is 19.5 Å². The zero-order valence-corrected chi connectivity index (χ0v) is 23.9. The Labute approximate surface area is 238 Å². The van der Waals surface area contributed by atoms with Crippen molar-refractivity contribution in [3.63, 3.8) is 0 Å². The number of carbonyl (C=O) groups is 3. The smallest absolute Gasteiger partial charge is 0.251 e. The average molecular weight is 553 g/mol. The lowest BCUT2D eigenvalue weighted by atomic mass is 9.78. The third-order valence-electron chi connectivity index (χ3n) is 8.81. The standard InChI is InChI=1S/C31H44N4O5/c1-3-4-19-35-29(38)26(27(36)23-10-6-5-7-11-23)33-30(39)31(35)16-20-34(21-17-31)18-8-9-22-40-25-14-12-24(13-15-25)28(37)32-2/h12-15,23,26-27,36H,5-11,16-22H2,1-2H3,(H,32,37)(H,33,39)/t26-,27?/m1/s1. The summed E-state index contributed by atoms with van der Waals surface area (Å²) in [5.41, 5.74) is -0.313. The molecule has 2 heterocycles. The van der Waals surface area contributed by atoms with Crippen LogP contribution in [0.15, 0.2) is 24.3 Å². The van der Waals surface area contributed by atoms with Crippen molar-refractivity contribution in [3.8, 4) is 17.6 Å². The zero-order chi connectivity index (χ0) is 28.5. The van der Waals surface area contributed by atoms with Gasteiger partial charge in [-0.05, 0) is 82.2 Å². The topological polar surface area (TPSA) is 111 Å². The summed E-state index contributed by atoms with van der Waals surface area (Å²) in [5, 5.41) is 16.6. The SMILES string of the molecule is CC#CCN1C(=O)[C@@H](C(O)C2CCCCC2)NC(=O)C12CCN(CCCCOc1ccc(C(=O)NC)cc1)CC2. The number of rotatable bonds is 10. The highest BCUT2D eigenvalue weighted by atomic mass is 16.5. The number of carbonyl (C=O) groups excluding carboxylic acids is 3. The Hall–Kier alpha value is -3.09. The van der Waals surface area contributed by atoms with E-state index >= 15 is 0 Å². The van der Waals surface area contributed by atoms with Crippen molar-refractivity contribution in [2.75, 3.05) is 39.8 Å². The summed E-state index contributed by atoms with van der Waals surface area (Å²) in [6, 6.07) is 6.21. The van der Waals surface area contributed by atoms with Gasteiger partial charge in [-0.1, -0.05) is 25.2 Å². The van der Waals surface area contributed by atoms with Gasteiger partial charge in [-0.2, -0.15) is 0 Å². The average Bonchev–Trinajstić information content (AvgIpc) is 2.99. The Bertz CT molecular complexity index is 1080. The van der Waals surface area contributed by atoms with Crippen LogP contribution in [0.2, 0.25) is 0 Å². The van der Waals surface area contributed by atoms with Crippen LogP contribution in [0.1, 0.15) is 75.1 Å². The molecule has 0 bridgehead atoms. The molecule has 3 aliphatic rings. The molecule has 1 aliphatic carbocycles. The van der Waals surface area contributed by atoms with Gasteiger partial charge < -0.3 is 30.3 Å². The minimum atomic E-state index is -0.913. The third-order valence-corrected chi connectivity index (χ3v) is 8.81. The Morgan fingerprint density at radius 1 is 1.15 bits per heavy atom. The quantitative estimate of drug-likeness (QED) is 0.304. The molecular formula is C31H44N4O5. The lowest BCUT2D eigenvalue weighted by Crippen LogP contribution is -2.75. The largest absolute Gasteiger partial charge is 0.494 e. The summed E-state index contributed by atoms with van der Waals surface area (Å²) < 4.78 is 5.82. The second-order valence-electron chi connectivity index (χ2n) is 11.2. The van der Waals surface area contributed by atoms with Gasteiger partial charge in [-0.15, -0.1) is 5.92 Å². The first kappa shape index (κ1) is 29.9. The molecule has 1 unspecified atom stereocenters. The molecule has 3 amide bonds. The number of nitrogens with zero attached hydrogens (tertiary/aromatic N) is 2. The van der Waals surface area contributed by atoms with Crippen molar-refractivity contribution in [3.05, 3.63) is 29.8 Å². The molecule has 9 heteroatoms. The van der Waals surface area contributed by atoms with E-state index in [-0.39, 0.29) is 30.2 Å². The van der Waals surface area contributed by atoms with Crippen molar-refractivity contribution in [2.24, 2.45) is 5.92 Å². The number of unbranched alkanes of at least 4 members (excludes halogenated alkanes) is 1. The van der Waals surface area contributed by atoms with E-state index in [1.165, 1.54) is 0 Å². The molecule has 2 atom stereocenters. The zero-order valence-electron chi connectivity index (χ0n) is 23.9. The first-order chi connectivity index (χ1) is 19.4. The number of hydrogen-bond donors (Lipinski definition) is 3. The maximum Gasteiger partial charge on any atom is 0.251 e. The number of likely N-dealkylation sites (tertiary alicyclic amines) is 1. The second-order valence-corrected chi connectivity index (χ2v) is 11.2. The predicted molar refractivity (Wildman–Crippen MR) is 153 cm³/mol. The van der Waals surface area contributed by atoms with Crippen molar-refractivity contribution in [1.29, 1.82) is 0 Å². The molecular weight excluding hydrogens is 508 g/mol. The highest BCUT2D eigenvalue weighted by Gasteiger charge is 2.55. The van der Waals surface area contributed by atoms with Crippen LogP contribution in [0.4, 0.5) is 0 Å². The van der Waals surface area contributed by atoms with E-state index in [0.29, 0.717) is 38.1 Å². The van der Waals surface area contributed by atoms with Crippen LogP contribution in [0.3, 0.4) is 0 Å². The number of piperidine rings is 1. The number of hydrogen-bond acceptors (Lipinski definition) is 6. The van der Waals surface area contributed by atoms with Crippen LogP contribution in [0.25, 0.3) is 0 Å². The van der Waals surface area contributed by atoms with E-state index < -0.39 is 17.7 Å². The number of aliphatic hydroxyl groups is 1. The van der Waals surface area contributed by atoms with Crippen molar-refractivity contribution >= 4 is 17.7 Å². The van der Waals surface area contributed by atoms with Crippen LogP contribution in [0, 0.1) is 17.8 Å². The molecule has 3 N–H and O–H groups in total. The minimum absolute atomic E-state index is 0.0453. The number of ether oxygens (including phenoxy) is 1. The van der Waals surface area contributed by atoms with Gasteiger partial charge in [-0.3, -0.25) is 14.4 Å². The van der Waals surface area contributed by atoms with Gasteiger partial charge >= 0.3 is 0 Å². The van der Waals surface area contributed by atoms with Crippen molar-refractivity contribution in [1.82, 2.24) is 20.4 Å². The lowest BCUT2D eigenvalue weighted by Gasteiger charge is -2.52. The molecule has 3 fully saturated rings. The lowest BCUT2D eigenvalue weighted by molar-refractivity contribution is -0.164. The van der Waals surface area contributed by atoms with Gasteiger partial charge in [0.25, 0.3) is 5.91 Å². The summed E-state index contributed by atoms with van der Waals surface area (Å²) >= 11 is 0. The van der Waals surface area contributed by atoms with Gasteiger partial charge in [-0.25, -0.2) is 0 Å². The van der Waals surface area contributed by atoms with E-state index in [1.54, 1.807) is 43.1 Å². The van der Waals surface area contributed by atoms with E-state index in [1.807, 2.05) is 0 Å². The van der Waals surface area contributed by atoms with Crippen LogP contribution in [0.5, 0.6) is 5.75 Å². The predicted octanol–water partition coefficient (Wildman–Crippen LogP) is 2.33. The highest BCUT2D eigenvalue weighted by Crippen LogP contribution is 2.35. The first-order valence-corrected chi connectivity index (χ1v) is 14.8. The first-order valence-electron chi connectivity index (χ1n) is 14.8. The molecule has 2 aliphatic heterocycles. The van der Waals surface area contributed by atoms with Crippen LogP contribution < -0.4 is 15.4 Å². The summed E-state index contributed by atoms with van der Waals surface area (Å²) in [6.07, 6.45) is 7.14. The Morgan fingerprint density at radius 2 is 1.85 bits per heavy atom. The summed E-state index contributed by atoms with van der Waals surface area (Å²) in [4.78, 5) is 42.9. The monoisotopic (exact) mass is 552 g/mol. The van der Waals surface area contributed by atoms with Crippen LogP contribution in [-0.4, -0.2) is 90.1 Å². The normalized spacial score (nSPS) is 22.3. The van der Waals surface area contributed by atoms with Crippen LogP contribution >= 0.6 is 0 Å². The van der Waals surface area contributed by atoms with Crippen molar-refractivity contribution in [2.45, 2.75) is 82.4 Å². The summed E-state index contributed by atoms with van der Waals surface area (Å²) in [6.45, 7) is 4.85. The Balaban J connectivity index is 1.27. The fraction of sp³-hybridized carbons (Fsp3) is 0.645. The maximum atomic E-state index is 13.7. The Morgan fingerprint density at radius 3 is 2.50 bits per heavy atom. The molecule has 1 aromatic rings. The van der Waals surface area contributed by atoms with Gasteiger partial charge in [0.2, 0.25) is 11.8 Å². The van der Waals surface area contributed by atoms with Gasteiger partial charge in [0.15, 0.2) is 0 Å². The molecule has 9 nitrogen and oxygen atoms in total. The summed E-state index contributed by atoms with van der Waals surface area (Å²) in [7, 11) is 1.61. The molecule has 0 radical (unpaired) electrons. The van der Waals surface area contributed by atoms with E-state index in [4.69, 9.17) is 4.74 Å². The summed E-state index contributed by atoms with van der Waals surface area (Å²) in [5.74, 6) is 6.19. The number of aliphatic hydroxyl groups excluding tert-OH is 1. The second kappa shape index (κ2) is 14.0. The number of benzene rings is 1. The van der Waals surface area contributed by atoms with Gasteiger partial charge in [0.1, 0.15) is 17.3 Å². The molecule has 1 saturated carbocycles. The fourth-order valence-corrected chi connectivity index (χ4v) is 6.32. The van der Waals surface area contributed by atoms with E-state index in [2.05, 4.69) is 27.4 Å². The minimum Gasteiger partial charge on any atom is -0.494 e. The maximum absolute atomic E-state index is 13.7. The molecule has 218 valence electrons. The Kier molecular flexibility index (Phi) is 10.5. The van der Waals surface area contributed by atoms with Crippen molar-refractivity contribution < 1.29 is 24.2 Å². The van der Waals surface area contributed by atoms with Gasteiger partial charge in [0.05, 0.1) is 19.3 Å². The van der Waals surface area contributed by atoms with E-state index in [0.717, 1.165) is 57.2 Å². The fourth-order valence-electron chi connectivity index (χ4n) is 6.32. The molecule has 40 heavy (non-hydrogen) atoms. The molecule has 2 saturated heterocycles. The molecule has 1 aromatic carbocycles. The number of amides is 3. The molecule has 1 spiro atoms. The number of nitrogens with one attached hydrogen (secondary N) is 2.